The van der Waals surface area contributed by atoms with Gasteiger partial charge in [0, 0.05) is 37.3 Å². The molecule has 0 amide bonds. The first-order valence-electron chi connectivity index (χ1n) is 6.47. The Morgan fingerprint density at radius 1 is 1.38 bits per heavy atom. The van der Waals surface area contributed by atoms with Crippen molar-refractivity contribution in [1.29, 1.82) is 0 Å². The van der Waals surface area contributed by atoms with Gasteiger partial charge in [-0.1, -0.05) is 30.9 Å². The van der Waals surface area contributed by atoms with E-state index in [1.807, 2.05) is 0 Å². The molecule has 0 aromatic carbocycles. The molecule has 0 atom stereocenters. The maximum absolute atomic E-state index is 5.74. The second-order valence-electron chi connectivity index (χ2n) is 5.43. The quantitative estimate of drug-likeness (QED) is 0.801. The fraction of sp³-hybridized carbons (Fsp3) is 0.846. The van der Waals surface area contributed by atoms with E-state index >= 15 is 0 Å². The van der Waals surface area contributed by atoms with Gasteiger partial charge in [0.15, 0.2) is 0 Å². The van der Waals surface area contributed by atoms with Crippen LogP contribution < -0.4 is 5.32 Å². The van der Waals surface area contributed by atoms with Crippen LogP contribution in [0.2, 0.25) is 0 Å². The molecule has 0 bridgehead atoms. The second-order valence-corrected chi connectivity index (χ2v) is 5.65. The van der Waals surface area contributed by atoms with Crippen molar-refractivity contribution in [2.45, 2.75) is 44.6 Å². The summed E-state index contributed by atoms with van der Waals surface area (Å²) >= 11 is 5.74. The van der Waals surface area contributed by atoms with E-state index in [2.05, 4.69) is 17.1 Å². The zero-order valence-corrected chi connectivity index (χ0v) is 11.0. The van der Waals surface area contributed by atoms with Crippen LogP contribution in [0, 0.1) is 0 Å². The van der Waals surface area contributed by atoms with Gasteiger partial charge in [-0.25, -0.2) is 0 Å². The number of halogens is 1. The van der Waals surface area contributed by atoms with Crippen LogP contribution in [0.5, 0.6) is 0 Å². The average Bonchev–Trinajstić information content (AvgIpc) is 2.30. The van der Waals surface area contributed by atoms with Crippen LogP contribution >= 0.6 is 11.6 Å². The molecule has 3 heteroatoms. The highest BCUT2D eigenvalue weighted by atomic mass is 35.5. The van der Waals surface area contributed by atoms with E-state index in [1.165, 1.54) is 44.2 Å². The van der Waals surface area contributed by atoms with Crippen molar-refractivity contribution in [2.24, 2.45) is 0 Å². The van der Waals surface area contributed by atoms with E-state index in [0.717, 1.165) is 19.6 Å². The Kier molecular flexibility index (Phi) is 4.28. The molecule has 2 rings (SSSR count). The zero-order chi connectivity index (χ0) is 11.4. The third kappa shape index (κ3) is 2.99. The summed E-state index contributed by atoms with van der Waals surface area (Å²) in [5, 5.41) is 3.76. The number of hydrogen-bond donors (Lipinski definition) is 1. The first-order chi connectivity index (χ1) is 7.74. The van der Waals surface area contributed by atoms with Crippen molar-refractivity contribution in [3.8, 4) is 0 Å². The largest absolute Gasteiger partial charge is 0.309 e. The van der Waals surface area contributed by atoms with Crippen LogP contribution in [0.25, 0.3) is 0 Å². The third-order valence-corrected chi connectivity index (χ3v) is 4.30. The molecule has 1 N–H and O–H groups in total. The van der Waals surface area contributed by atoms with Crippen LogP contribution in [-0.4, -0.2) is 36.6 Å². The Balaban J connectivity index is 1.92. The Morgan fingerprint density at radius 2 is 2.12 bits per heavy atom. The molecule has 1 saturated carbocycles. The lowest BCUT2D eigenvalue weighted by atomic mass is 9.80. The van der Waals surface area contributed by atoms with Gasteiger partial charge >= 0.3 is 0 Å². The molecule has 92 valence electrons. The lowest BCUT2D eigenvalue weighted by Gasteiger charge is -2.46. The summed E-state index contributed by atoms with van der Waals surface area (Å²) in [5.74, 6) is 0. The van der Waals surface area contributed by atoms with Gasteiger partial charge in [0.1, 0.15) is 0 Å². The molecule has 2 aliphatic rings. The van der Waals surface area contributed by atoms with Crippen LogP contribution in [0.1, 0.15) is 39.0 Å². The van der Waals surface area contributed by atoms with E-state index in [4.69, 9.17) is 11.6 Å². The van der Waals surface area contributed by atoms with Crippen molar-refractivity contribution in [1.82, 2.24) is 10.2 Å². The molecule has 2 nitrogen and oxygen atoms in total. The fourth-order valence-corrected chi connectivity index (χ4v) is 3.20. The lowest BCUT2D eigenvalue weighted by molar-refractivity contribution is 0.106. The summed E-state index contributed by atoms with van der Waals surface area (Å²) in [4.78, 5) is 2.55. The van der Waals surface area contributed by atoms with E-state index in [1.54, 1.807) is 5.54 Å². The van der Waals surface area contributed by atoms with Gasteiger partial charge in [0.25, 0.3) is 0 Å². The Morgan fingerprint density at radius 3 is 2.81 bits per heavy atom. The minimum atomic E-state index is 0.420. The molecule has 1 heterocycles. The van der Waals surface area contributed by atoms with E-state index in [9.17, 15) is 0 Å². The highest BCUT2D eigenvalue weighted by Gasteiger charge is 2.35. The van der Waals surface area contributed by atoms with Crippen molar-refractivity contribution in [3.63, 3.8) is 0 Å². The Hall–Kier alpha value is -0.0500. The number of rotatable bonds is 2. The molecule has 1 spiro atoms. The first-order valence-corrected chi connectivity index (χ1v) is 6.91. The van der Waals surface area contributed by atoms with Crippen LogP contribution in [0.4, 0.5) is 0 Å². The molecule has 0 radical (unpaired) electrons. The van der Waals surface area contributed by atoms with E-state index < -0.39 is 0 Å². The molecular weight excluding hydrogens is 220 g/mol. The summed E-state index contributed by atoms with van der Waals surface area (Å²) in [6, 6.07) is 0. The Labute approximate surface area is 104 Å². The third-order valence-electron chi connectivity index (χ3n) is 3.92. The van der Waals surface area contributed by atoms with Gasteiger partial charge < -0.3 is 5.32 Å². The lowest BCUT2D eigenvalue weighted by Crippen LogP contribution is -2.61. The predicted molar refractivity (Wildman–Crippen MR) is 69.9 cm³/mol. The number of nitrogens with zero attached hydrogens (tertiary/aromatic N) is 1. The van der Waals surface area contributed by atoms with Crippen LogP contribution in [0.15, 0.2) is 11.1 Å². The maximum Gasteiger partial charge on any atom is 0.0309 e. The maximum atomic E-state index is 5.74. The fourth-order valence-electron chi connectivity index (χ4n) is 3.13. The molecule has 16 heavy (non-hydrogen) atoms. The van der Waals surface area contributed by atoms with Crippen LogP contribution in [0.3, 0.4) is 0 Å². The van der Waals surface area contributed by atoms with Gasteiger partial charge in [0.2, 0.25) is 0 Å². The minimum Gasteiger partial charge on any atom is -0.309 e. The molecule has 1 aliphatic heterocycles. The van der Waals surface area contributed by atoms with Gasteiger partial charge in [-0.3, -0.25) is 4.90 Å². The smallest absolute Gasteiger partial charge is 0.0309 e. The van der Waals surface area contributed by atoms with Gasteiger partial charge in [-0.15, -0.1) is 0 Å². The van der Waals surface area contributed by atoms with Crippen molar-refractivity contribution in [3.05, 3.63) is 11.1 Å². The highest BCUT2D eigenvalue weighted by Crippen LogP contribution is 2.30. The second kappa shape index (κ2) is 5.52. The molecule has 1 aliphatic carbocycles. The molecule has 0 aromatic heterocycles. The van der Waals surface area contributed by atoms with E-state index in [-0.39, 0.29) is 0 Å². The summed E-state index contributed by atoms with van der Waals surface area (Å²) < 4.78 is 0. The van der Waals surface area contributed by atoms with Gasteiger partial charge in [-0.05, 0) is 25.3 Å². The molecule has 2 fully saturated rings. The zero-order valence-electron chi connectivity index (χ0n) is 10.3. The summed E-state index contributed by atoms with van der Waals surface area (Å²) in [7, 11) is 0. The Bertz CT molecular complexity index is 251. The van der Waals surface area contributed by atoms with Crippen molar-refractivity contribution >= 4 is 11.6 Å². The van der Waals surface area contributed by atoms with Gasteiger partial charge in [0.05, 0.1) is 0 Å². The summed E-state index contributed by atoms with van der Waals surface area (Å²) in [5.41, 5.74) is 3.41. The molecule has 0 aromatic rings. The molecular formula is C13H23ClN2. The normalized spacial score (nSPS) is 27.2. The minimum absolute atomic E-state index is 0.420. The number of nitrogens with one attached hydrogen (secondary N) is 1. The first kappa shape index (κ1) is 12.4. The monoisotopic (exact) mass is 242 g/mol. The standard InChI is InChI=1S/C13H23ClN2/c1-12(9-14)10-16-8-7-15-13(11-16)5-3-2-4-6-13/h9,15H,2-8,10-11H2,1H3. The summed E-state index contributed by atoms with van der Waals surface area (Å²) in [6.45, 7) is 6.64. The van der Waals surface area contributed by atoms with Crippen molar-refractivity contribution in [2.75, 3.05) is 26.2 Å². The molecule has 1 saturated heterocycles. The summed E-state index contributed by atoms with van der Waals surface area (Å²) in [6.07, 6.45) is 6.92. The van der Waals surface area contributed by atoms with E-state index in [0.29, 0.717) is 5.54 Å². The highest BCUT2D eigenvalue weighted by molar-refractivity contribution is 6.25. The number of piperazine rings is 1. The SMILES string of the molecule is CC(=CCl)CN1CCNC2(CCCCC2)C1. The predicted octanol–water partition coefficient (Wildman–Crippen LogP) is 2.74. The van der Waals surface area contributed by atoms with Crippen molar-refractivity contribution < 1.29 is 0 Å². The topological polar surface area (TPSA) is 15.3 Å². The number of hydrogen-bond acceptors (Lipinski definition) is 2. The van der Waals surface area contributed by atoms with Gasteiger partial charge in [-0.2, -0.15) is 0 Å². The molecule has 0 unspecified atom stereocenters. The average molecular weight is 243 g/mol. The van der Waals surface area contributed by atoms with Crippen LogP contribution in [-0.2, 0) is 0 Å².